The number of nitrogens with zero attached hydrogens (tertiary/aromatic N) is 2. The minimum atomic E-state index is 0.378. The maximum Gasteiger partial charge on any atom is 0.147 e. The fourth-order valence-electron chi connectivity index (χ4n) is 3.60. The summed E-state index contributed by atoms with van der Waals surface area (Å²) < 4.78 is 5.34. The predicted molar refractivity (Wildman–Crippen MR) is 86.0 cm³/mol. The number of hydrogen-bond donors (Lipinski definition) is 0. The van der Waals surface area contributed by atoms with Crippen LogP contribution >= 0.6 is 0 Å². The van der Waals surface area contributed by atoms with Crippen LogP contribution in [0, 0.1) is 6.92 Å². The number of hydrogen-bond acceptors (Lipinski definition) is 3. The van der Waals surface area contributed by atoms with E-state index in [2.05, 4.69) is 49.0 Å². The Balaban J connectivity index is 2.04. The van der Waals surface area contributed by atoms with Crippen LogP contribution in [0.3, 0.4) is 0 Å². The van der Waals surface area contributed by atoms with Gasteiger partial charge in [0.2, 0.25) is 0 Å². The van der Waals surface area contributed by atoms with Crippen molar-refractivity contribution in [3.05, 3.63) is 46.8 Å². The van der Waals surface area contributed by atoms with Gasteiger partial charge in [0.15, 0.2) is 0 Å². The van der Waals surface area contributed by atoms with Crippen molar-refractivity contribution in [2.75, 3.05) is 18.0 Å². The maximum atomic E-state index is 5.34. The highest BCUT2D eigenvalue weighted by molar-refractivity contribution is 5.54. The molecule has 0 N–H and O–H groups in total. The van der Waals surface area contributed by atoms with Gasteiger partial charge in [-0.05, 0) is 56.7 Å². The van der Waals surface area contributed by atoms with Gasteiger partial charge < -0.3 is 9.42 Å². The van der Waals surface area contributed by atoms with Crippen LogP contribution in [0.4, 0.5) is 5.69 Å². The molecule has 0 aliphatic heterocycles. The first kappa shape index (κ1) is 14.2. The van der Waals surface area contributed by atoms with Crippen LogP contribution in [0.1, 0.15) is 55.0 Å². The molecule has 1 unspecified atom stereocenters. The Kier molecular flexibility index (Phi) is 4.00. The van der Waals surface area contributed by atoms with Crippen LogP contribution in [0.5, 0.6) is 0 Å². The fourth-order valence-corrected chi connectivity index (χ4v) is 3.60. The van der Waals surface area contributed by atoms with Crippen molar-refractivity contribution in [2.24, 2.45) is 0 Å². The second-order valence-electron chi connectivity index (χ2n) is 5.84. The van der Waals surface area contributed by atoms with Crippen molar-refractivity contribution in [3.8, 4) is 0 Å². The SMILES string of the molecule is CCN(CC)c1conc1C1CCCc2c(C)cccc21. The van der Waals surface area contributed by atoms with Crippen LogP contribution in [0.25, 0.3) is 0 Å². The van der Waals surface area contributed by atoms with E-state index in [4.69, 9.17) is 4.52 Å². The molecule has 0 amide bonds. The fraction of sp³-hybridized carbons (Fsp3) is 0.500. The molecule has 1 heterocycles. The van der Waals surface area contributed by atoms with Crippen molar-refractivity contribution < 1.29 is 4.52 Å². The third-order valence-electron chi connectivity index (χ3n) is 4.75. The second-order valence-corrected chi connectivity index (χ2v) is 5.84. The van der Waals surface area contributed by atoms with E-state index >= 15 is 0 Å². The molecule has 1 aromatic heterocycles. The highest BCUT2D eigenvalue weighted by Crippen LogP contribution is 2.40. The largest absolute Gasteiger partial charge is 0.368 e. The molecule has 3 rings (SSSR count). The average Bonchev–Trinajstić information content (AvgIpc) is 2.98. The Hall–Kier alpha value is -1.77. The summed E-state index contributed by atoms with van der Waals surface area (Å²) in [5.74, 6) is 0.378. The smallest absolute Gasteiger partial charge is 0.147 e. The van der Waals surface area contributed by atoms with Gasteiger partial charge in [-0.1, -0.05) is 23.4 Å². The monoisotopic (exact) mass is 284 g/mol. The first-order valence-electron chi connectivity index (χ1n) is 8.03. The van der Waals surface area contributed by atoms with E-state index in [1.165, 1.54) is 35.2 Å². The Morgan fingerprint density at radius 2 is 2.10 bits per heavy atom. The summed E-state index contributed by atoms with van der Waals surface area (Å²) in [5.41, 5.74) is 6.65. The molecular formula is C18H24N2O. The molecule has 0 saturated heterocycles. The van der Waals surface area contributed by atoms with Crippen LogP contribution < -0.4 is 4.90 Å². The second kappa shape index (κ2) is 5.92. The van der Waals surface area contributed by atoms with Gasteiger partial charge >= 0.3 is 0 Å². The van der Waals surface area contributed by atoms with Gasteiger partial charge in [-0.15, -0.1) is 0 Å². The zero-order chi connectivity index (χ0) is 14.8. The molecule has 1 aliphatic rings. The Bertz CT molecular complexity index is 613. The molecule has 1 atom stereocenters. The van der Waals surface area contributed by atoms with Gasteiger partial charge in [-0.25, -0.2) is 0 Å². The lowest BCUT2D eigenvalue weighted by atomic mass is 9.79. The van der Waals surface area contributed by atoms with Gasteiger partial charge in [0, 0.05) is 19.0 Å². The first-order valence-corrected chi connectivity index (χ1v) is 8.03. The molecule has 0 radical (unpaired) electrons. The van der Waals surface area contributed by atoms with E-state index in [-0.39, 0.29) is 0 Å². The van der Waals surface area contributed by atoms with Crippen LogP contribution in [-0.4, -0.2) is 18.2 Å². The molecule has 1 aromatic carbocycles. The first-order chi connectivity index (χ1) is 10.3. The Morgan fingerprint density at radius 1 is 1.29 bits per heavy atom. The summed E-state index contributed by atoms with van der Waals surface area (Å²) in [6.45, 7) is 8.55. The van der Waals surface area contributed by atoms with Crippen molar-refractivity contribution in [1.29, 1.82) is 0 Å². The quantitative estimate of drug-likeness (QED) is 0.838. The van der Waals surface area contributed by atoms with E-state index in [1.807, 2.05) is 6.26 Å². The van der Waals surface area contributed by atoms with E-state index in [9.17, 15) is 0 Å². The average molecular weight is 284 g/mol. The number of aryl methyl sites for hydroxylation is 1. The van der Waals surface area contributed by atoms with E-state index in [1.54, 1.807) is 0 Å². The summed E-state index contributed by atoms with van der Waals surface area (Å²) in [6.07, 6.45) is 5.40. The summed E-state index contributed by atoms with van der Waals surface area (Å²) >= 11 is 0. The number of fused-ring (bicyclic) bond motifs is 1. The van der Waals surface area contributed by atoms with Crippen LogP contribution in [-0.2, 0) is 6.42 Å². The third kappa shape index (κ3) is 2.45. The van der Waals surface area contributed by atoms with E-state index in [0.29, 0.717) is 5.92 Å². The molecule has 0 bridgehead atoms. The summed E-state index contributed by atoms with van der Waals surface area (Å²) in [7, 11) is 0. The van der Waals surface area contributed by atoms with Gasteiger partial charge in [-0.2, -0.15) is 0 Å². The minimum Gasteiger partial charge on any atom is -0.368 e. The molecule has 0 fully saturated rings. The van der Waals surface area contributed by atoms with Crippen LogP contribution in [0.2, 0.25) is 0 Å². The molecule has 0 saturated carbocycles. The number of rotatable bonds is 4. The van der Waals surface area contributed by atoms with Crippen molar-refractivity contribution in [3.63, 3.8) is 0 Å². The van der Waals surface area contributed by atoms with E-state index < -0.39 is 0 Å². The lowest BCUT2D eigenvalue weighted by molar-refractivity contribution is 0.404. The van der Waals surface area contributed by atoms with E-state index in [0.717, 1.165) is 25.2 Å². The number of anilines is 1. The molecule has 2 aromatic rings. The van der Waals surface area contributed by atoms with Gasteiger partial charge in [0.05, 0.1) is 0 Å². The van der Waals surface area contributed by atoms with Gasteiger partial charge in [-0.3, -0.25) is 0 Å². The molecule has 21 heavy (non-hydrogen) atoms. The minimum absolute atomic E-state index is 0.378. The lowest BCUT2D eigenvalue weighted by Gasteiger charge is -2.28. The van der Waals surface area contributed by atoms with Gasteiger partial charge in [0.1, 0.15) is 17.6 Å². The zero-order valence-electron chi connectivity index (χ0n) is 13.2. The standard InChI is InChI=1S/C18H24N2O/c1-4-20(5-2)17-12-21-19-18(17)16-11-7-9-14-13(3)8-6-10-15(14)16/h6,8,10,12,16H,4-5,7,9,11H2,1-3H3. The summed E-state index contributed by atoms with van der Waals surface area (Å²) in [4.78, 5) is 2.33. The van der Waals surface area contributed by atoms with Gasteiger partial charge in [0.25, 0.3) is 0 Å². The zero-order valence-corrected chi connectivity index (χ0v) is 13.2. The molecule has 1 aliphatic carbocycles. The lowest BCUT2D eigenvalue weighted by Crippen LogP contribution is -2.24. The summed E-state index contributed by atoms with van der Waals surface area (Å²) in [5, 5.41) is 4.37. The molecule has 112 valence electrons. The molecular weight excluding hydrogens is 260 g/mol. The third-order valence-corrected chi connectivity index (χ3v) is 4.75. The predicted octanol–water partition coefficient (Wildman–Crippen LogP) is 4.30. The maximum absolute atomic E-state index is 5.34. The topological polar surface area (TPSA) is 29.3 Å². The molecule has 3 nitrogen and oxygen atoms in total. The summed E-state index contributed by atoms with van der Waals surface area (Å²) in [6, 6.07) is 6.66. The number of aromatic nitrogens is 1. The highest BCUT2D eigenvalue weighted by atomic mass is 16.5. The Labute approximate surface area is 126 Å². The highest BCUT2D eigenvalue weighted by Gasteiger charge is 2.28. The van der Waals surface area contributed by atoms with Crippen molar-refractivity contribution in [1.82, 2.24) is 5.16 Å². The molecule has 3 heteroatoms. The van der Waals surface area contributed by atoms with Crippen molar-refractivity contribution >= 4 is 5.69 Å². The Morgan fingerprint density at radius 3 is 2.86 bits per heavy atom. The number of benzene rings is 1. The van der Waals surface area contributed by atoms with Crippen molar-refractivity contribution in [2.45, 2.75) is 46.0 Å². The normalized spacial score (nSPS) is 17.6. The molecule has 0 spiro atoms. The van der Waals surface area contributed by atoms with Crippen LogP contribution in [0.15, 0.2) is 29.0 Å².